The summed E-state index contributed by atoms with van der Waals surface area (Å²) in [4.78, 5) is 19.5. The lowest BCUT2D eigenvalue weighted by Gasteiger charge is -2.30. The van der Waals surface area contributed by atoms with Gasteiger partial charge in [-0.3, -0.25) is 4.79 Å². The summed E-state index contributed by atoms with van der Waals surface area (Å²) in [6, 6.07) is 7.96. The average Bonchev–Trinajstić information content (AvgIpc) is 2.98. The van der Waals surface area contributed by atoms with Crippen LogP contribution < -0.4 is 0 Å². The zero-order chi connectivity index (χ0) is 20.5. The molecule has 1 aliphatic rings. The zero-order valence-corrected chi connectivity index (χ0v) is 18.6. The van der Waals surface area contributed by atoms with Gasteiger partial charge in [-0.05, 0) is 43.4 Å². The molecule has 0 N–H and O–H groups in total. The smallest absolute Gasteiger partial charge is 0.233 e. The van der Waals surface area contributed by atoms with Crippen molar-refractivity contribution < 1.29 is 13.2 Å². The van der Waals surface area contributed by atoms with E-state index in [2.05, 4.69) is 13.0 Å². The predicted molar refractivity (Wildman–Crippen MR) is 116 cm³/mol. The van der Waals surface area contributed by atoms with Gasteiger partial charge in [0.25, 0.3) is 0 Å². The number of amides is 1. The summed E-state index contributed by atoms with van der Waals surface area (Å²) in [7, 11) is -3.02. The number of para-hydroxylation sites is 1. The van der Waals surface area contributed by atoms with Gasteiger partial charge in [0.1, 0.15) is 0 Å². The molecule has 2 heterocycles. The Morgan fingerprint density at radius 1 is 1.29 bits per heavy atom. The van der Waals surface area contributed by atoms with Gasteiger partial charge < -0.3 is 4.90 Å². The van der Waals surface area contributed by atoms with Crippen LogP contribution in [0.1, 0.15) is 31.4 Å². The molecule has 0 bridgehead atoms. The first-order valence-corrected chi connectivity index (χ1v) is 12.5. The second-order valence-corrected chi connectivity index (χ2v) is 11.3. The molecule has 7 heteroatoms. The van der Waals surface area contributed by atoms with Crippen LogP contribution in [0, 0.1) is 19.8 Å². The van der Waals surface area contributed by atoms with E-state index in [1.165, 1.54) is 11.8 Å². The summed E-state index contributed by atoms with van der Waals surface area (Å²) >= 11 is 1.43. The summed E-state index contributed by atoms with van der Waals surface area (Å²) in [5, 5.41) is 1.96. The van der Waals surface area contributed by atoms with Crippen LogP contribution in [0.4, 0.5) is 0 Å². The number of sulfone groups is 1. The minimum atomic E-state index is -3.02. The van der Waals surface area contributed by atoms with Crippen molar-refractivity contribution in [1.29, 1.82) is 0 Å². The second kappa shape index (κ2) is 8.41. The van der Waals surface area contributed by atoms with E-state index in [-0.39, 0.29) is 29.2 Å². The molecule has 0 radical (unpaired) electrons. The van der Waals surface area contributed by atoms with Crippen LogP contribution in [0.5, 0.6) is 0 Å². The number of rotatable bonds is 6. The third kappa shape index (κ3) is 4.87. The Hall–Kier alpha value is -1.60. The summed E-state index contributed by atoms with van der Waals surface area (Å²) in [5.74, 6) is 0.818. The van der Waals surface area contributed by atoms with Gasteiger partial charge in [0, 0.05) is 18.0 Å². The quantitative estimate of drug-likeness (QED) is 0.668. The van der Waals surface area contributed by atoms with E-state index < -0.39 is 9.84 Å². The van der Waals surface area contributed by atoms with E-state index in [4.69, 9.17) is 4.98 Å². The summed E-state index contributed by atoms with van der Waals surface area (Å²) in [6.07, 6.45) is 0.540. The van der Waals surface area contributed by atoms with Gasteiger partial charge in [-0.25, -0.2) is 13.4 Å². The standard InChI is InChI=1S/C21H28N2O3S2/c1-14(2)11-23(17-8-9-28(25,26)13-17)20(24)12-27-19-10-16(4)18-7-5-6-15(3)21(18)22-19/h5-7,10,14,17H,8-9,11-13H2,1-4H3. The van der Waals surface area contributed by atoms with Crippen molar-refractivity contribution in [3.63, 3.8) is 0 Å². The Kier molecular flexibility index (Phi) is 6.34. The van der Waals surface area contributed by atoms with Gasteiger partial charge >= 0.3 is 0 Å². The van der Waals surface area contributed by atoms with Crippen LogP contribution in [-0.2, 0) is 14.6 Å². The largest absolute Gasteiger partial charge is 0.338 e. The summed E-state index contributed by atoms with van der Waals surface area (Å²) in [5.41, 5.74) is 3.23. The topological polar surface area (TPSA) is 67.3 Å². The number of pyridine rings is 1. The monoisotopic (exact) mass is 420 g/mol. The molecule has 1 aromatic carbocycles. The molecule has 0 saturated carbocycles. The van der Waals surface area contributed by atoms with Crippen molar-refractivity contribution >= 4 is 38.4 Å². The van der Waals surface area contributed by atoms with Crippen LogP contribution in [0.2, 0.25) is 0 Å². The number of aryl methyl sites for hydroxylation is 2. The number of aromatic nitrogens is 1. The van der Waals surface area contributed by atoms with Crippen LogP contribution in [-0.4, -0.2) is 54.1 Å². The van der Waals surface area contributed by atoms with Gasteiger partial charge in [0.2, 0.25) is 5.91 Å². The first-order chi connectivity index (χ1) is 13.2. The van der Waals surface area contributed by atoms with Crippen LogP contribution >= 0.6 is 11.8 Å². The summed E-state index contributed by atoms with van der Waals surface area (Å²) in [6.45, 7) is 8.79. The van der Waals surface area contributed by atoms with Gasteiger partial charge in [-0.2, -0.15) is 0 Å². The Balaban J connectivity index is 1.75. The maximum absolute atomic E-state index is 12.9. The average molecular weight is 421 g/mol. The number of fused-ring (bicyclic) bond motifs is 1. The molecule has 3 rings (SSSR count). The lowest BCUT2D eigenvalue weighted by atomic mass is 10.1. The van der Waals surface area contributed by atoms with E-state index in [1.807, 2.05) is 39.0 Å². The second-order valence-electron chi connectivity index (χ2n) is 8.03. The fraction of sp³-hybridized carbons (Fsp3) is 0.524. The fourth-order valence-electron chi connectivity index (χ4n) is 3.69. The molecule has 2 aromatic rings. The highest BCUT2D eigenvalue weighted by Gasteiger charge is 2.34. The number of carbonyl (C=O) groups excluding carboxylic acids is 1. The first-order valence-electron chi connectivity index (χ1n) is 9.66. The summed E-state index contributed by atoms with van der Waals surface area (Å²) < 4.78 is 23.7. The number of carbonyl (C=O) groups is 1. The van der Waals surface area contributed by atoms with Crippen molar-refractivity contribution in [2.75, 3.05) is 23.8 Å². The molecular formula is C21H28N2O3S2. The molecule has 28 heavy (non-hydrogen) atoms. The molecule has 1 fully saturated rings. The highest BCUT2D eigenvalue weighted by molar-refractivity contribution is 7.99. The molecule has 0 aliphatic carbocycles. The van der Waals surface area contributed by atoms with Crippen molar-refractivity contribution in [1.82, 2.24) is 9.88 Å². The molecule has 152 valence electrons. The zero-order valence-electron chi connectivity index (χ0n) is 16.9. The van der Waals surface area contributed by atoms with E-state index >= 15 is 0 Å². The van der Waals surface area contributed by atoms with Crippen molar-refractivity contribution in [3.8, 4) is 0 Å². The molecular weight excluding hydrogens is 392 g/mol. The van der Waals surface area contributed by atoms with Crippen LogP contribution in [0.15, 0.2) is 29.3 Å². The molecule has 1 aromatic heterocycles. The lowest BCUT2D eigenvalue weighted by Crippen LogP contribution is -2.44. The maximum atomic E-state index is 12.9. The highest BCUT2D eigenvalue weighted by Crippen LogP contribution is 2.27. The minimum Gasteiger partial charge on any atom is -0.338 e. The Morgan fingerprint density at radius 2 is 2.04 bits per heavy atom. The van der Waals surface area contributed by atoms with Gasteiger partial charge in [-0.15, -0.1) is 0 Å². The van der Waals surface area contributed by atoms with Crippen molar-refractivity contribution in [2.24, 2.45) is 5.92 Å². The van der Waals surface area contributed by atoms with Gasteiger partial charge in [0.15, 0.2) is 9.84 Å². The van der Waals surface area contributed by atoms with Crippen LogP contribution in [0.25, 0.3) is 10.9 Å². The first kappa shape index (κ1) is 21.1. The van der Waals surface area contributed by atoms with Crippen molar-refractivity contribution in [2.45, 2.75) is 45.2 Å². The lowest BCUT2D eigenvalue weighted by molar-refractivity contribution is -0.130. The highest BCUT2D eigenvalue weighted by atomic mass is 32.2. The van der Waals surface area contributed by atoms with Crippen molar-refractivity contribution in [3.05, 3.63) is 35.4 Å². The maximum Gasteiger partial charge on any atom is 0.233 e. The number of nitrogens with zero attached hydrogens (tertiary/aromatic N) is 2. The molecule has 0 spiro atoms. The molecule has 1 amide bonds. The third-order valence-electron chi connectivity index (χ3n) is 5.10. The molecule has 5 nitrogen and oxygen atoms in total. The SMILES string of the molecule is Cc1cc(SCC(=O)N(CC(C)C)C2CCS(=O)(=O)C2)nc2c(C)cccc12. The number of hydrogen-bond donors (Lipinski definition) is 0. The Morgan fingerprint density at radius 3 is 2.68 bits per heavy atom. The van der Waals surface area contributed by atoms with E-state index in [0.717, 1.165) is 27.1 Å². The molecule has 1 atom stereocenters. The number of hydrogen-bond acceptors (Lipinski definition) is 5. The molecule has 1 saturated heterocycles. The van der Waals surface area contributed by atoms with Gasteiger partial charge in [-0.1, -0.05) is 43.8 Å². The molecule has 1 aliphatic heterocycles. The number of thioether (sulfide) groups is 1. The number of benzene rings is 1. The third-order valence-corrected chi connectivity index (χ3v) is 7.75. The minimum absolute atomic E-state index is 0.00914. The van der Waals surface area contributed by atoms with Gasteiger partial charge in [0.05, 0.1) is 27.8 Å². The van der Waals surface area contributed by atoms with E-state index in [1.54, 1.807) is 4.90 Å². The normalized spacial score (nSPS) is 18.7. The van der Waals surface area contributed by atoms with E-state index in [9.17, 15) is 13.2 Å². The Bertz CT molecular complexity index is 987. The molecule has 1 unspecified atom stereocenters. The Labute approximate surface area is 171 Å². The predicted octanol–water partition coefficient (Wildman–Crippen LogP) is 3.62. The van der Waals surface area contributed by atoms with E-state index in [0.29, 0.717) is 18.9 Å². The van der Waals surface area contributed by atoms with Crippen LogP contribution in [0.3, 0.4) is 0 Å². The fourth-order valence-corrected chi connectivity index (χ4v) is 6.28.